The van der Waals surface area contributed by atoms with Crippen molar-refractivity contribution in [2.45, 2.75) is 77.5 Å². The summed E-state index contributed by atoms with van der Waals surface area (Å²) in [6.45, 7) is 7.61. The largest absolute Gasteiger partial charge is 0.480 e. The summed E-state index contributed by atoms with van der Waals surface area (Å²) in [5.41, 5.74) is 8.53. The summed E-state index contributed by atoms with van der Waals surface area (Å²) in [5, 5.41) is 19.0. The summed E-state index contributed by atoms with van der Waals surface area (Å²) in [5.74, 6) is -2.91. The minimum absolute atomic E-state index is 0.0622. The van der Waals surface area contributed by atoms with Gasteiger partial charge >= 0.3 is 5.97 Å². The van der Waals surface area contributed by atoms with Gasteiger partial charge in [0.25, 0.3) is 0 Å². The molecule has 42 heavy (non-hydrogen) atoms. The predicted octanol–water partition coefficient (Wildman–Crippen LogP) is 2.91. The van der Waals surface area contributed by atoms with Crippen LogP contribution in [0.5, 0.6) is 0 Å². The molecule has 10 heteroatoms. The number of rotatable bonds is 15. The Balaban J connectivity index is 1.79. The second-order valence-electron chi connectivity index (χ2n) is 11.3. The molecule has 1 aromatic heterocycles. The summed E-state index contributed by atoms with van der Waals surface area (Å²) < 4.78 is 0. The van der Waals surface area contributed by atoms with E-state index in [0.717, 1.165) is 22.0 Å². The predicted molar refractivity (Wildman–Crippen MR) is 162 cm³/mol. The number of nitrogens with one attached hydrogen (secondary N) is 4. The van der Waals surface area contributed by atoms with Crippen LogP contribution in [0, 0.1) is 11.8 Å². The molecule has 3 amide bonds. The van der Waals surface area contributed by atoms with Crippen LogP contribution in [0.4, 0.5) is 0 Å². The van der Waals surface area contributed by atoms with Crippen molar-refractivity contribution < 1.29 is 24.3 Å². The molecule has 0 unspecified atom stereocenters. The number of carbonyl (C=O) groups excluding carboxylic acids is 3. The van der Waals surface area contributed by atoms with Gasteiger partial charge in [-0.05, 0) is 35.4 Å². The van der Waals surface area contributed by atoms with Crippen LogP contribution < -0.4 is 21.7 Å². The van der Waals surface area contributed by atoms with Crippen molar-refractivity contribution in [3.8, 4) is 0 Å². The lowest BCUT2D eigenvalue weighted by Gasteiger charge is -2.28. The number of hydrogen-bond donors (Lipinski definition) is 6. The maximum absolute atomic E-state index is 13.6. The minimum Gasteiger partial charge on any atom is -0.480 e. The molecule has 0 saturated heterocycles. The number of carbonyl (C=O) groups is 4. The zero-order chi connectivity index (χ0) is 30.8. The van der Waals surface area contributed by atoms with E-state index in [1.807, 2.05) is 82.3 Å². The Kier molecular flexibility index (Phi) is 11.7. The number of fused-ring (bicyclic) bond motifs is 1. The maximum Gasteiger partial charge on any atom is 0.326 e. The number of nitrogens with two attached hydrogens (primary N) is 1. The molecule has 0 spiro atoms. The van der Waals surface area contributed by atoms with Crippen LogP contribution in [0.25, 0.3) is 10.9 Å². The normalized spacial score (nSPS) is 14.9. The molecule has 1 heterocycles. The highest BCUT2D eigenvalue weighted by molar-refractivity contribution is 5.94. The second-order valence-corrected chi connectivity index (χ2v) is 11.3. The minimum atomic E-state index is -1.21. The Bertz CT molecular complexity index is 1360. The van der Waals surface area contributed by atoms with E-state index in [2.05, 4.69) is 20.9 Å². The van der Waals surface area contributed by atoms with Crippen LogP contribution in [0.1, 0.15) is 51.7 Å². The fourth-order valence-electron chi connectivity index (χ4n) is 4.89. The monoisotopic (exact) mass is 577 g/mol. The van der Waals surface area contributed by atoms with E-state index < -0.39 is 47.9 Å². The summed E-state index contributed by atoms with van der Waals surface area (Å²) >= 11 is 0. The molecular formula is C32H43N5O5. The van der Waals surface area contributed by atoms with Crippen molar-refractivity contribution in [1.29, 1.82) is 0 Å². The van der Waals surface area contributed by atoms with Gasteiger partial charge in [-0.2, -0.15) is 0 Å². The smallest absolute Gasteiger partial charge is 0.326 e. The van der Waals surface area contributed by atoms with E-state index in [1.54, 1.807) is 6.20 Å². The van der Waals surface area contributed by atoms with E-state index in [4.69, 9.17) is 5.73 Å². The Hall–Kier alpha value is -4.18. The summed E-state index contributed by atoms with van der Waals surface area (Å²) in [4.78, 5) is 55.3. The Morgan fingerprint density at radius 2 is 1.48 bits per heavy atom. The molecule has 3 rings (SSSR count). The van der Waals surface area contributed by atoms with Crippen LogP contribution in [0.15, 0.2) is 60.8 Å². The van der Waals surface area contributed by atoms with E-state index in [9.17, 15) is 24.3 Å². The van der Waals surface area contributed by atoms with Gasteiger partial charge in [-0.1, -0.05) is 82.6 Å². The zero-order valence-corrected chi connectivity index (χ0v) is 24.7. The third-order valence-corrected chi connectivity index (χ3v) is 7.48. The zero-order valence-electron chi connectivity index (χ0n) is 24.7. The van der Waals surface area contributed by atoms with Crippen molar-refractivity contribution in [3.05, 3.63) is 71.9 Å². The lowest BCUT2D eigenvalue weighted by Crippen LogP contribution is -2.59. The molecule has 10 nitrogen and oxygen atoms in total. The first kappa shape index (κ1) is 32.3. The van der Waals surface area contributed by atoms with Gasteiger partial charge in [-0.15, -0.1) is 0 Å². The number of para-hydroxylation sites is 1. The highest BCUT2D eigenvalue weighted by Gasteiger charge is 2.33. The van der Waals surface area contributed by atoms with Gasteiger partial charge in [0.2, 0.25) is 17.7 Å². The SMILES string of the molecule is CC[C@H](C)[C@H](NC(=O)[C@H](Cc1ccccc1)NC(=O)[C@@H](N)CC(C)C)C(=O)N[C@@H](Cc1c[nH]c2ccccc12)C(=O)O. The molecule has 0 bridgehead atoms. The van der Waals surface area contributed by atoms with E-state index in [-0.39, 0.29) is 24.7 Å². The topological polar surface area (TPSA) is 166 Å². The molecule has 2 aromatic carbocycles. The third kappa shape index (κ3) is 8.91. The number of aliphatic carboxylic acids is 1. The van der Waals surface area contributed by atoms with Gasteiger partial charge in [0.05, 0.1) is 6.04 Å². The molecule has 0 aliphatic rings. The van der Waals surface area contributed by atoms with Crippen LogP contribution >= 0.6 is 0 Å². The average molecular weight is 578 g/mol. The molecule has 0 radical (unpaired) electrons. The molecule has 226 valence electrons. The molecule has 0 fully saturated rings. The molecular weight excluding hydrogens is 534 g/mol. The van der Waals surface area contributed by atoms with Crippen LogP contribution in [0.3, 0.4) is 0 Å². The fourth-order valence-corrected chi connectivity index (χ4v) is 4.89. The molecule has 7 N–H and O–H groups in total. The van der Waals surface area contributed by atoms with Gasteiger partial charge in [-0.25, -0.2) is 4.79 Å². The number of carboxylic acids is 1. The van der Waals surface area contributed by atoms with Crippen LogP contribution in [-0.4, -0.2) is 57.9 Å². The summed E-state index contributed by atoms with van der Waals surface area (Å²) in [7, 11) is 0. The standard InChI is InChI=1S/C32H43N5O5/c1-5-20(4)28(31(40)36-27(32(41)42)17-22-18-34-25-14-10-9-13-23(22)25)37-30(39)26(16-21-11-7-6-8-12-21)35-29(38)24(33)15-19(2)3/h6-14,18-20,24,26-28,34H,5,15-17,33H2,1-4H3,(H,35,38)(H,36,40)(H,37,39)(H,41,42)/t20-,24-,26-,27-,28-/m0/s1. The Morgan fingerprint density at radius 1 is 0.833 bits per heavy atom. The number of carboxylic acid groups (broad SMARTS) is 1. The second kappa shape index (κ2) is 15.2. The Morgan fingerprint density at radius 3 is 2.12 bits per heavy atom. The quantitative estimate of drug-likeness (QED) is 0.162. The Labute approximate surface area is 246 Å². The van der Waals surface area contributed by atoms with E-state index >= 15 is 0 Å². The van der Waals surface area contributed by atoms with Gasteiger partial charge in [0, 0.05) is 29.9 Å². The molecule has 0 aliphatic heterocycles. The molecule has 5 atom stereocenters. The lowest BCUT2D eigenvalue weighted by molar-refractivity contribution is -0.142. The highest BCUT2D eigenvalue weighted by Crippen LogP contribution is 2.19. The number of aromatic amines is 1. The number of H-pyrrole nitrogens is 1. The number of amides is 3. The van der Waals surface area contributed by atoms with Gasteiger partial charge in [-0.3, -0.25) is 14.4 Å². The van der Waals surface area contributed by atoms with Crippen molar-refractivity contribution in [1.82, 2.24) is 20.9 Å². The van der Waals surface area contributed by atoms with Crippen LogP contribution in [-0.2, 0) is 32.0 Å². The van der Waals surface area contributed by atoms with E-state index in [0.29, 0.717) is 12.8 Å². The molecule has 3 aromatic rings. The first-order valence-corrected chi connectivity index (χ1v) is 14.5. The average Bonchev–Trinajstić information content (AvgIpc) is 3.37. The van der Waals surface area contributed by atoms with Gasteiger partial charge < -0.3 is 31.8 Å². The third-order valence-electron chi connectivity index (χ3n) is 7.48. The number of benzene rings is 2. The summed E-state index contributed by atoms with van der Waals surface area (Å²) in [6, 6.07) is 12.7. The van der Waals surface area contributed by atoms with Crippen molar-refractivity contribution in [3.63, 3.8) is 0 Å². The van der Waals surface area contributed by atoms with E-state index in [1.165, 1.54) is 0 Å². The maximum atomic E-state index is 13.6. The van der Waals surface area contributed by atoms with Gasteiger partial charge in [0.1, 0.15) is 18.1 Å². The molecule has 0 aliphatic carbocycles. The first-order chi connectivity index (χ1) is 20.0. The number of aromatic nitrogens is 1. The van der Waals surface area contributed by atoms with Crippen molar-refractivity contribution >= 4 is 34.6 Å². The van der Waals surface area contributed by atoms with Crippen molar-refractivity contribution in [2.24, 2.45) is 17.6 Å². The first-order valence-electron chi connectivity index (χ1n) is 14.5. The fraction of sp³-hybridized carbons (Fsp3) is 0.438. The van der Waals surface area contributed by atoms with Crippen molar-refractivity contribution in [2.75, 3.05) is 0 Å². The number of hydrogen-bond acceptors (Lipinski definition) is 5. The lowest BCUT2D eigenvalue weighted by atomic mass is 9.96. The van der Waals surface area contributed by atoms with Gasteiger partial charge in [0.15, 0.2) is 0 Å². The van der Waals surface area contributed by atoms with Crippen LogP contribution in [0.2, 0.25) is 0 Å². The summed E-state index contributed by atoms with van der Waals surface area (Å²) in [6.07, 6.45) is 3.00. The highest BCUT2D eigenvalue weighted by atomic mass is 16.4. The molecule has 0 saturated carbocycles.